The Morgan fingerprint density at radius 1 is 1.00 bits per heavy atom. The summed E-state index contributed by atoms with van der Waals surface area (Å²) in [6.45, 7) is 6.78. The van der Waals surface area contributed by atoms with E-state index in [1.165, 1.54) is 5.56 Å². The van der Waals surface area contributed by atoms with Crippen molar-refractivity contribution in [3.05, 3.63) is 59.8 Å². The minimum absolute atomic E-state index is 0.563. The molecule has 0 aliphatic carbocycles. The van der Waals surface area contributed by atoms with Gasteiger partial charge in [0, 0.05) is 44.7 Å². The molecule has 0 bridgehead atoms. The smallest absolute Gasteiger partial charge is 0.161 e. The number of hydrogen-bond acceptors (Lipinski definition) is 7. The van der Waals surface area contributed by atoms with Crippen LogP contribution in [0.2, 0.25) is 0 Å². The van der Waals surface area contributed by atoms with E-state index in [0.29, 0.717) is 25.5 Å². The Balaban J connectivity index is 1.14. The number of benzene rings is 2. The van der Waals surface area contributed by atoms with Gasteiger partial charge in [-0.05, 0) is 41.8 Å². The molecule has 0 saturated carbocycles. The van der Waals surface area contributed by atoms with Crippen molar-refractivity contribution in [3.8, 4) is 17.2 Å². The van der Waals surface area contributed by atoms with Crippen LogP contribution in [0.1, 0.15) is 17.2 Å². The third-order valence-electron chi connectivity index (χ3n) is 6.55. The number of aliphatic hydroxyl groups is 1. The van der Waals surface area contributed by atoms with Crippen molar-refractivity contribution < 1.29 is 19.3 Å². The Morgan fingerprint density at radius 2 is 1.79 bits per heavy atom. The fraction of sp³-hybridized carbons (Fsp3) is 0.423. The van der Waals surface area contributed by atoms with Crippen LogP contribution >= 0.6 is 0 Å². The third-order valence-corrected chi connectivity index (χ3v) is 6.55. The lowest BCUT2D eigenvalue weighted by molar-refractivity contribution is 0.0736. The number of β-amino-alcohol motifs (C(OH)–C–C–N with tert-alkyl or cyclic N) is 1. The van der Waals surface area contributed by atoms with Crippen LogP contribution < -0.4 is 14.2 Å². The molecule has 1 atom stereocenters. The minimum Gasteiger partial charge on any atom is -0.495 e. The lowest BCUT2D eigenvalue weighted by Crippen LogP contribution is -2.47. The van der Waals surface area contributed by atoms with Crippen molar-refractivity contribution in [2.45, 2.75) is 12.5 Å². The number of aliphatic hydroxyl groups excluding tert-OH is 1. The molecule has 0 radical (unpaired) electrons. The molecule has 1 unspecified atom stereocenters. The molecule has 174 valence electrons. The number of rotatable bonds is 7. The first-order valence-corrected chi connectivity index (χ1v) is 11.6. The number of ether oxygens (including phenoxy) is 3. The second-order valence-corrected chi connectivity index (χ2v) is 8.68. The van der Waals surface area contributed by atoms with E-state index in [1.54, 1.807) is 13.3 Å². The molecule has 2 aliphatic heterocycles. The van der Waals surface area contributed by atoms with Gasteiger partial charge in [-0.25, -0.2) is 0 Å². The highest BCUT2D eigenvalue weighted by molar-refractivity contribution is 5.83. The SMILES string of the molecule is COc1cnc2cccc(C(O)CN3CCN(CCc4ccc5c(c4)OCCO5)CC3)c2c1. The fourth-order valence-electron chi connectivity index (χ4n) is 4.62. The van der Waals surface area contributed by atoms with Gasteiger partial charge in [0.25, 0.3) is 0 Å². The predicted molar refractivity (Wildman–Crippen MR) is 127 cm³/mol. The van der Waals surface area contributed by atoms with E-state index in [1.807, 2.05) is 30.3 Å². The summed E-state index contributed by atoms with van der Waals surface area (Å²) in [6.07, 6.45) is 2.14. The zero-order valence-corrected chi connectivity index (χ0v) is 19.1. The van der Waals surface area contributed by atoms with Crippen LogP contribution in [0.3, 0.4) is 0 Å². The highest BCUT2D eigenvalue weighted by Crippen LogP contribution is 2.31. The number of piperazine rings is 1. The quantitative estimate of drug-likeness (QED) is 0.595. The molecule has 0 spiro atoms. The fourth-order valence-corrected chi connectivity index (χ4v) is 4.62. The molecule has 3 aromatic rings. The molecule has 1 fully saturated rings. The van der Waals surface area contributed by atoms with Crippen molar-refractivity contribution in [1.82, 2.24) is 14.8 Å². The molecule has 1 saturated heterocycles. The summed E-state index contributed by atoms with van der Waals surface area (Å²) < 4.78 is 16.6. The van der Waals surface area contributed by atoms with Crippen molar-refractivity contribution in [3.63, 3.8) is 0 Å². The lowest BCUT2D eigenvalue weighted by Gasteiger charge is -2.35. The summed E-state index contributed by atoms with van der Waals surface area (Å²) in [6, 6.07) is 14.1. The molecule has 3 heterocycles. The largest absolute Gasteiger partial charge is 0.495 e. The Kier molecular flexibility index (Phi) is 6.62. The monoisotopic (exact) mass is 449 g/mol. The van der Waals surface area contributed by atoms with Gasteiger partial charge < -0.3 is 24.2 Å². The van der Waals surface area contributed by atoms with E-state index >= 15 is 0 Å². The first-order chi connectivity index (χ1) is 16.2. The topological polar surface area (TPSA) is 67.3 Å². The van der Waals surface area contributed by atoms with E-state index in [4.69, 9.17) is 14.2 Å². The standard InChI is InChI=1S/C26H31N3O4/c1-31-20-16-22-21(3-2-4-23(22)27-17-20)24(30)18-29-11-9-28(10-12-29)8-7-19-5-6-25-26(15-19)33-14-13-32-25/h2-6,15-17,24,30H,7-14,18H2,1H3. The summed E-state index contributed by atoms with van der Waals surface area (Å²) in [5.41, 5.74) is 3.05. The van der Waals surface area contributed by atoms with Crippen molar-refractivity contribution in [2.75, 3.05) is 59.6 Å². The van der Waals surface area contributed by atoms with Crippen molar-refractivity contribution >= 4 is 10.9 Å². The van der Waals surface area contributed by atoms with E-state index in [0.717, 1.165) is 67.1 Å². The summed E-state index contributed by atoms with van der Waals surface area (Å²) in [5, 5.41) is 11.9. The maximum absolute atomic E-state index is 11.0. The second-order valence-electron chi connectivity index (χ2n) is 8.68. The van der Waals surface area contributed by atoms with Gasteiger partial charge in [0.05, 0.1) is 24.9 Å². The Labute approximate surface area is 194 Å². The highest BCUT2D eigenvalue weighted by atomic mass is 16.6. The van der Waals surface area contributed by atoms with Gasteiger partial charge in [0.1, 0.15) is 19.0 Å². The second kappa shape index (κ2) is 9.95. The van der Waals surface area contributed by atoms with Gasteiger partial charge in [-0.3, -0.25) is 9.88 Å². The molecule has 0 amide bonds. The number of hydrogen-bond donors (Lipinski definition) is 1. The van der Waals surface area contributed by atoms with Gasteiger partial charge in [0.15, 0.2) is 11.5 Å². The first kappa shape index (κ1) is 21.9. The van der Waals surface area contributed by atoms with Crippen LogP contribution in [0, 0.1) is 0 Å². The molecule has 2 aliphatic rings. The summed E-state index contributed by atoms with van der Waals surface area (Å²) >= 11 is 0. The van der Waals surface area contributed by atoms with Crippen LogP contribution in [-0.2, 0) is 6.42 Å². The van der Waals surface area contributed by atoms with Gasteiger partial charge in [0.2, 0.25) is 0 Å². The van der Waals surface area contributed by atoms with E-state index in [9.17, 15) is 5.11 Å². The van der Waals surface area contributed by atoms with Gasteiger partial charge in [-0.15, -0.1) is 0 Å². The molecule has 1 aromatic heterocycles. The van der Waals surface area contributed by atoms with Crippen molar-refractivity contribution in [1.29, 1.82) is 0 Å². The number of fused-ring (bicyclic) bond motifs is 2. The summed E-state index contributed by atoms with van der Waals surface area (Å²) in [7, 11) is 1.63. The maximum atomic E-state index is 11.0. The maximum Gasteiger partial charge on any atom is 0.161 e. The number of nitrogens with zero attached hydrogens (tertiary/aromatic N) is 3. The van der Waals surface area contributed by atoms with Crippen LogP contribution in [0.25, 0.3) is 10.9 Å². The summed E-state index contributed by atoms with van der Waals surface area (Å²) in [5.74, 6) is 2.41. The first-order valence-electron chi connectivity index (χ1n) is 11.6. The van der Waals surface area contributed by atoms with Crippen molar-refractivity contribution in [2.24, 2.45) is 0 Å². The van der Waals surface area contributed by atoms with E-state index < -0.39 is 6.10 Å². The molecule has 7 heteroatoms. The molecular weight excluding hydrogens is 418 g/mol. The van der Waals surface area contributed by atoms with Crippen LogP contribution in [0.15, 0.2) is 48.7 Å². The Hall–Kier alpha value is -2.87. The molecule has 1 N–H and O–H groups in total. The van der Waals surface area contributed by atoms with Gasteiger partial charge >= 0.3 is 0 Å². The zero-order valence-electron chi connectivity index (χ0n) is 19.1. The normalized spacial score (nSPS) is 17.8. The molecule has 33 heavy (non-hydrogen) atoms. The number of aromatic nitrogens is 1. The Bertz CT molecular complexity index is 1100. The molecule has 2 aromatic carbocycles. The number of methoxy groups -OCH3 is 1. The van der Waals surface area contributed by atoms with Gasteiger partial charge in [-0.2, -0.15) is 0 Å². The lowest BCUT2D eigenvalue weighted by atomic mass is 10.0. The summed E-state index contributed by atoms with van der Waals surface area (Å²) in [4.78, 5) is 9.29. The predicted octanol–water partition coefficient (Wildman–Crippen LogP) is 2.91. The average molecular weight is 450 g/mol. The van der Waals surface area contributed by atoms with E-state index in [2.05, 4.69) is 26.9 Å². The molecule has 5 rings (SSSR count). The van der Waals surface area contributed by atoms with Crippen LogP contribution in [0.4, 0.5) is 0 Å². The molecule has 7 nitrogen and oxygen atoms in total. The van der Waals surface area contributed by atoms with E-state index in [-0.39, 0.29) is 0 Å². The van der Waals surface area contributed by atoms with Crippen LogP contribution in [0.5, 0.6) is 17.2 Å². The Morgan fingerprint density at radius 3 is 2.61 bits per heavy atom. The molecular formula is C26H31N3O4. The highest BCUT2D eigenvalue weighted by Gasteiger charge is 2.21. The average Bonchev–Trinajstić information content (AvgIpc) is 2.87. The minimum atomic E-state index is -0.563. The van der Waals surface area contributed by atoms with Gasteiger partial charge in [-0.1, -0.05) is 18.2 Å². The number of pyridine rings is 1. The zero-order chi connectivity index (χ0) is 22.6. The third kappa shape index (κ3) is 5.05. The van der Waals surface area contributed by atoms with Crippen LogP contribution in [-0.4, -0.2) is 79.5 Å².